The van der Waals surface area contributed by atoms with Crippen LogP contribution in [0, 0.1) is 0 Å². The van der Waals surface area contributed by atoms with Gasteiger partial charge in [0.05, 0.1) is 44.5 Å². The number of hydrogen-bond acceptors (Lipinski definition) is 32. The molecule has 0 saturated carbocycles. The van der Waals surface area contributed by atoms with Crippen molar-refractivity contribution in [2.75, 3.05) is 0 Å². The van der Waals surface area contributed by atoms with Crippen molar-refractivity contribution in [2.45, 2.75) is 0 Å². The molecule has 520 valence electrons. The molecule has 0 aromatic heterocycles. The summed E-state index contributed by atoms with van der Waals surface area (Å²) in [5.41, 5.74) is -2.31. The Morgan fingerprint density at radius 2 is 0.204 bits per heavy atom. The molecule has 2 radical (unpaired) electrons. The average Bonchev–Trinajstić information content (AvgIpc) is 0.989. The molecule has 0 atom stereocenters. The number of carbonyl (C=O) groups is 8. The molecule has 32 N–H and O–H groups in total. The third kappa shape index (κ3) is 25.3. The van der Waals surface area contributed by atoms with E-state index in [1.807, 2.05) is 0 Å². The molecule has 8 aromatic rings. The summed E-state index contributed by atoms with van der Waals surface area (Å²) < 4.78 is 0. The Morgan fingerprint density at radius 3 is 0.245 bits per heavy atom. The predicted octanol–water partition coefficient (Wildman–Crippen LogP) is 4.01. The molecule has 0 unspecified atom stereocenters. The standard InChI is InChI=1S/8C7H6O5.Sc.V/c8*8-4-1-3(7(11)12)2-5(9)6(4)10;;/h8*1-2,8-10H,(H,11,12);;. The van der Waals surface area contributed by atoms with Gasteiger partial charge in [-0.2, -0.15) is 0 Å². The van der Waals surface area contributed by atoms with Gasteiger partial charge in [-0.3, -0.25) is 0 Å². The molecule has 0 aliphatic carbocycles. The monoisotopic (exact) mass is 1460 g/mol. The van der Waals surface area contributed by atoms with Gasteiger partial charge in [0.15, 0.2) is 138 Å². The zero-order chi connectivity index (χ0) is 74.4. The van der Waals surface area contributed by atoms with Crippen molar-refractivity contribution in [3.63, 3.8) is 0 Å². The number of phenolic OH excluding ortho intramolecular Hbond substituents is 24. The van der Waals surface area contributed by atoms with Crippen LogP contribution in [0.5, 0.6) is 138 Å². The largest absolute Gasteiger partial charge is 0.504 e. The fourth-order valence-corrected chi connectivity index (χ4v) is 5.82. The van der Waals surface area contributed by atoms with Gasteiger partial charge in [-0.15, -0.1) is 0 Å². The van der Waals surface area contributed by atoms with Crippen LogP contribution in [0.25, 0.3) is 0 Å². The van der Waals surface area contributed by atoms with E-state index in [0.29, 0.717) is 0 Å². The summed E-state index contributed by atoms with van der Waals surface area (Å²) in [4.78, 5) is 82.5. The third-order valence-electron chi connectivity index (χ3n) is 10.5. The average molecular weight is 1460 g/mol. The number of benzene rings is 8. The first-order valence-electron chi connectivity index (χ1n) is 24.0. The summed E-state index contributed by atoms with van der Waals surface area (Å²) in [6, 6.07) is 13.5. The Bertz CT molecular complexity index is 3290. The first-order valence-corrected chi connectivity index (χ1v) is 24.0. The van der Waals surface area contributed by atoms with E-state index in [2.05, 4.69) is 0 Å². The van der Waals surface area contributed by atoms with Gasteiger partial charge in [0.25, 0.3) is 0 Å². The molecule has 0 heterocycles. The zero-order valence-electron chi connectivity index (χ0n) is 47.8. The number of hydrogen-bond donors (Lipinski definition) is 32. The minimum atomic E-state index is -1.29. The molecule has 0 spiro atoms. The van der Waals surface area contributed by atoms with E-state index in [9.17, 15) is 38.4 Å². The van der Waals surface area contributed by atoms with E-state index in [1.54, 1.807) is 0 Å². The summed E-state index contributed by atoms with van der Waals surface area (Å²) in [5, 5.41) is 280. The third-order valence-corrected chi connectivity index (χ3v) is 10.5. The van der Waals surface area contributed by atoms with Crippen molar-refractivity contribution in [3.05, 3.63) is 142 Å². The van der Waals surface area contributed by atoms with Gasteiger partial charge >= 0.3 is 47.8 Å². The summed E-state index contributed by atoms with van der Waals surface area (Å²) in [5.74, 6) is -26.7. The normalized spacial score (nSPS) is 9.47. The second kappa shape index (κ2) is 37.6. The first-order chi connectivity index (χ1) is 44.2. The van der Waals surface area contributed by atoms with Crippen LogP contribution in [0.15, 0.2) is 97.1 Å². The van der Waals surface area contributed by atoms with Gasteiger partial charge in [0.1, 0.15) is 0 Å². The van der Waals surface area contributed by atoms with E-state index in [-0.39, 0.29) is 88.9 Å². The van der Waals surface area contributed by atoms with Crippen molar-refractivity contribution >= 4 is 47.8 Å². The van der Waals surface area contributed by atoms with Gasteiger partial charge in [0.2, 0.25) is 0 Å². The van der Waals surface area contributed by atoms with Crippen LogP contribution >= 0.6 is 0 Å². The second-order valence-electron chi connectivity index (χ2n) is 17.3. The number of rotatable bonds is 8. The zero-order valence-corrected chi connectivity index (χ0v) is 51.0. The van der Waals surface area contributed by atoms with Gasteiger partial charge in [-0.1, -0.05) is 0 Å². The van der Waals surface area contributed by atoms with Crippen LogP contribution in [-0.2, 0) is 44.4 Å². The number of aromatic hydroxyl groups is 24. The smallest absolute Gasteiger partial charge is 0.335 e. The molecular formula is C56H48O40ScV. The molecule has 40 nitrogen and oxygen atoms in total. The number of phenols is 24. The fraction of sp³-hybridized carbons (Fsp3) is 0. The first kappa shape index (κ1) is 86.2. The van der Waals surface area contributed by atoms with Crippen LogP contribution in [0.2, 0.25) is 0 Å². The van der Waals surface area contributed by atoms with Gasteiger partial charge in [-0.05, 0) is 97.1 Å². The van der Waals surface area contributed by atoms with E-state index >= 15 is 0 Å². The number of carboxylic acid groups (broad SMARTS) is 8. The van der Waals surface area contributed by atoms with Crippen molar-refractivity contribution in [1.29, 1.82) is 0 Å². The maximum atomic E-state index is 10.3. The van der Waals surface area contributed by atoms with Crippen LogP contribution in [-0.4, -0.2) is 211 Å². The molecule has 0 amide bonds. The SMILES string of the molecule is O=C(O)c1cc(O)c(O)c(O)c1.O=C(O)c1cc(O)c(O)c(O)c1.O=C(O)c1cc(O)c(O)c(O)c1.O=C(O)c1cc(O)c(O)c(O)c1.O=C(O)c1cc(O)c(O)c(O)c1.O=C(O)c1cc(O)c(O)c(O)c1.O=C(O)c1cc(O)c(O)c(O)c1.O=C(O)c1cc(O)c(O)c(O)c1.[Sc].[V]. The summed E-state index contributed by atoms with van der Waals surface area (Å²) >= 11 is 0. The van der Waals surface area contributed by atoms with Crippen LogP contribution < -0.4 is 0 Å². The Hall–Kier alpha value is -13.8. The van der Waals surface area contributed by atoms with Crippen LogP contribution in [0.1, 0.15) is 82.9 Å². The molecule has 8 rings (SSSR count). The predicted molar refractivity (Wildman–Crippen MR) is 307 cm³/mol. The van der Waals surface area contributed by atoms with E-state index in [1.165, 1.54) is 0 Å². The summed E-state index contributed by atoms with van der Waals surface area (Å²) in [6.07, 6.45) is 0. The molecule has 0 bridgehead atoms. The van der Waals surface area contributed by atoms with Crippen molar-refractivity contribution in [2.24, 2.45) is 0 Å². The van der Waals surface area contributed by atoms with Crippen LogP contribution in [0.4, 0.5) is 0 Å². The van der Waals surface area contributed by atoms with Crippen molar-refractivity contribution in [1.82, 2.24) is 0 Å². The Morgan fingerprint density at radius 1 is 0.153 bits per heavy atom. The Labute approximate surface area is 570 Å². The van der Waals surface area contributed by atoms with E-state index in [4.69, 9.17) is 163 Å². The molecule has 8 aromatic carbocycles. The van der Waals surface area contributed by atoms with Crippen molar-refractivity contribution in [3.8, 4) is 138 Å². The van der Waals surface area contributed by atoms with E-state index in [0.717, 1.165) is 97.1 Å². The number of carboxylic acids is 8. The van der Waals surface area contributed by atoms with Crippen LogP contribution in [0.3, 0.4) is 0 Å². The van der Waals surface area contributed by atoms with Gasteiger partial charge < -0.3 is 163 Å². The summed E-state index contributed by atoms with van der Waals surface area (Å²) in [7, 11) is 0. The Balaban J connectivity index is 0. The maximum Gasteiger partial charge on any atom is 0.335 e. The quantitative estimate of drug-likeness (QED) is 0.0956. The van der Waals surface area contributed by atoms with Gasteiger partial charge in [0, 0.05) is 44.4 Å². The molecule has 0 saturated heterocycles. The minimum absolute atomic E-state index is 0. The Kier molecular flexibility index (Phi) is 33.1. The molecule has 0 aliphatic rings. The second-order valence-corrected chi connectivity index (χ2v) is 17.3. The molecule has 0 aliphatic heterocycles. The molecular weight excluding hydrogens is 1410 g/mol. The van der Waals surface area contributed by atoms with Crippen molar-refractivity contribution < 1.29 is 246 Å². The van der Waals surface area contributed by atoms with Gasteiger partial charge in [-0.25, -0.2) is 38.4 Å². The molecule has 98 heavy (non-hydrogen) atoms. The number of aromatic carboxylic acids is 8. The molecule has 0 fully saturated rings. The molecule has 42 heteroatoms. The summed E-state index contributed by atoms with van der Waals surface area (Å²) in [6.45, 7) is 0. The maximum absolute atomic E-state index is 10.3. The topological polar surface area (TPSA) is 784 Å². The minimum Gasteiger partial charge on any atom is -0.504 e. The fourth-order valence-electron chi connectivity index (χ4n) is 5.82. The van der Waals surface area contributed by atoms with E-state index < -0.39 is 186 Å².